The molecule has 4 heteroatoms. The van der Waals surface area contributed by atoms with Crippen molar-refractivity contribution in [3.8, 4) is 17.3 Å². The lowest BCUT2D eigenvalue weighted by molar-refractivity contribution is 0.312. The Morgan fingerprint density at radius 1 is 1.32 bits per heavy atom. The van der Waals surface area contributed by atoms with E-state index in [2.05, 4.69) is 47.2 Å². The normalized spacial score (nSPS) is 14.8. The maximum Gasteiger partial charge on any atom is 0.117 e. The third-order valence-electron chi connectivity index (χ3n) is 5.01. The van der Waals surface area contributed by atoms with Crippen LogP contribution in [0.4, 0.5) is 5.69 Å². The lowest BCUT2D eigenvalue weighted by Gasteiger charge is -2.10. The van der Waals surface area contributed by atoms with Crippen molar-refractivity contribution in [3.63, 3.8) is 0 Å². The van der Waals surface area contributed by atoms with E-state index in [0.29, 0.717) is 0 Å². The first-order valence-corrected chi connectivity index (χ1v) is 8.72. The van der Waals surface area contributed by atoms with E-state index in [0.717, 1.165) is 59.1 Å². The Morgan fingerprint density at radius 2 is 2.20 bits per heavy atom. The van der Waals surface area contributed by atoms with E-state index in [1.54, 1.807) is 7.11 Å². The van der Waals surface area contributed by atoms with Gasteiger partial charge < -0.3 is 14.6 Å². The number of anilines is 1. The first-order valence-electron chi connectivity index (χ1n) is 8.72. The van der Waals surface area contributed by atoms with E-state index in [-0.39, 0.29) is 0 Å². The number of fused-ring (bicyclic) bond motifs is 2. The number of allylic oxidation sites excluding steroid dienone is 2. The van der Waals surface area contributed by atoms with E-state index < -0.39 is 0 Å². The Kier molecular flexibility index (Phi) is 3.85. The molecule has 0 fully saturated rings. The number of rotatable bonds is 3. The Hall–Kier alpha value is -2.93. The summed E-state index contributed by atoms with van der Waals surface area (Å²) in [6, 6.07) is 8.93. The number of methoxy groups -OCH3 is 1. The molecule has 2 aromatic rings. The molecule has 1 aromatic heterocycles. The van der Waals surface area contributed by atoms with Crippen molar-refractivity contribution in [1.29, 1.82) is 5.26 Å². The SMILES string of the molecule is CCn1c(-c2ccc3c(c2)CCN3)c(C#N)c2c1=CC(OC)=CCC=2. The lowest BCUT2D eigenvalue weighted by atomic mass is 10.0. The summed E-state index contributed by atoms with van der Waals surface area (Å²) in [7, 11) is 1.69. The topological polar surface area (TPSA) is 50.0 Å². The van der Waals surface area contributed by atoms with Crippen LogP contribution in [0.3, 0.4) is 0 Å². The summed E-state index contributed by atoms with van der Waals surface area (Å²) in [6.45, 7) is 3.91. The zero-order valence-electron chi connectivity index (χ0n) is 14.6. The quantitative estimate of drug-likeness (QED) is 0.940. The van der Waals surface area contributed by atoms with Crippen molar-refractivity contribution in [3.05, 3.63) is 51.7 Å². The second-order valence-electron chi connectivity index (χ2n) is 6.32. The van der Waals surface area contributed by atoms with Gasteiger partial charge in [0.1, 0.15) is 11.8 Å². The molecule has 1 N–H and O–H groups in total. The van der Waals surface area contributed by atoms with E-state index in [1.165, 1.54) is 11.3 Å². The molecule has 0 spiro atoms. The van der Waals surface area contributed by atoms with Gasteiger partial charge in [0, 0.05) is 30.1 Å². The third-order valence-corrected chi connectivity index (χ3v) is 5.01. The van der Waals surface area contributed by atoms with Crippen molar-refractivity contribution in [2.45, 2.75) is 26.3 Å². The minimum absolute atomic E-state index is 0.754. The average Bonchev–Trinajstić information content (AvgIpc) is 3.15. The molecule has 0 radical (unpaired) electrons. The number of ether oxygens (including phenoxy) is 1. The summed E-state index contributed by atoms with van der Waals surface area (Å²) in [5.41, 5.74) is 5.41. The second-order valence-corrected chi connectivity index (χ2v) is 6.32. The number of nitrogens with zero attached hydrogens (tertiary/aromatic N) is 2. The molecule has 0 unspecified atom stereocenters. The lowest BCUT2D eigenvalue weighted by Crippen LogP contribution is -2.29. The number of benzene rings is 1. The molecule has 1 aromatic carbocycles. The summed E-state index contributed by atoms with van der Waals surface area (Å²) in [5.74, 6) is 0.844. The molecule has 2 aliphatic rings. The van der Waals surface area contributed by atoms with Crippen LogP contribution >= 0.6 is 0 Å². The predicted molar refractivity (Wildman–Crippen MR) is 100 cm³/mol. The molecular formula is C21H21N3O. The Labute approximate surface area is 147 Å². The van der Waals surface area contributed by atoms with Gasteiger partial charge in [0.25, 0.3) is 0 Å². The van der Waals surface area contributed by atoms with Crippen molar-refractivity contribution in [2.75, 3.05) is 19.0 Å². The minimum atomic E-state index is 0.754. The fourth-order valence-corrected chi connectivity index (χ4v) is 3.84. The largest absolute Gasteiger partial charge is 0.497 e. The summed E-state index contributed by atoms with van der Waals surface area (Å²) >= 11 is 0. The summed E-state index contributed by atoms with van der Waals surface area (Å²) in [5, 5.41) is 15.4. The van der Waals surface area contributed by atoms with Crippen molar-refractivity contribution < 1.29 is 4.74 Å². The molecule has 4 rings (SSSR count). The fourth-order valence-electron chi connectivity index (χ4n) is 3.84. The van der Waals surface area contributed by atoms with Gasteiger partial charge in [0.2, 0.25) is 0 Å². The number of nitriles is 1. The molecule has 2 heterocycles. The van der Waals surface area contributed by atoms with Gasteiger partial charge in [-0.3, -0.25) is 0 Å². The monoisotopic (exact) mass is 331 g/mol. The molecule has 0 atom stereocenters. The van der Waals surface area contributed by atoms with Crippen molar-refractivity contribution in [2.24, 2.45) is 0 Å². The summed E-state index contributed by atoms with van der Waals surface area (Å²) in [6.07, 6.45) is 8.01. The van der Waals surface area contributed by atoms with Crippen LogP contribution in [0, 0.1) is 11.3 Å². The van der Waals surface area contributed by atoms with Crippen LogP contribution in [-0.4, -0.2) is 18.2 Å². The highest BCUT2D eigenvalue weighted by molar-refractivity contribution is 5.74. The standard InChI is InChI=1S/C21H21N3O/c1-3-24-20-12-16(25-2)5-4-6-17(20)18(13-22)21(24)15-7-8-19-14(11-15)9-10-23-19/h5-8,11-12,23H,3-4,9-10H2,1-2H3. The zero-order chi connectivity index (χ0) is 17.4. The molecule has 0 amide bonds. The number of nitrogens with one attached hydrogen (secondary N) is 1. The molecule has 4 nitrogen and oxygen atoms in total. The highest BCUT2D eigenvalue weighted by atomic mass is 16.5. The Balaban J connectivity index is 2.03. The molecule has 1 aliphatic heterocycles. The average molecular weight is 331 g/mol. The number of hydrogen-bond donors (Lipinski definition) is 1. The molecule has 0 saturated heterocycles. The maximum absolute atomic E-state index is 9.90. The summed E-state index contributed by atoms with van der Waals surface area (Å²) < 4.78 is 7.69. The molecule has 1 aliphatic carbocycles. The van der Waals surface area contributed by atoms with Gasteiger partial charge in [-0.2, -0.15) is 5.26 Å². The van der Waals surface area contributed by atoms with Gasteiger partial charge in [-0.1, -0.05) is 12.1 Å². The molecular weight excluding hydrogens is 310 g/mol. The number of hydrogen-bond acceptors (Lipinski definition) is 3. The van der Waals surface area contributed by atoms with Crippen LogP contribution in [0.1, 0.15) is 24.5 Å². The van der Waals surface area contributed by atoms with Crippen LogP contribution in [0.25, 0.3) is 23.4 Å². The highest BCUT2D eigenvalue weighted by Gasteiger charge is 2.19. The van der Waals surface area contributed by atoms with E-state index in [4.69, 9.17) is 4.74 Å². The smallest absolute Gasteiger partial charge is 0.117 e. The van der Waals surface area contributed by atoms with Crippen LogP contribution in [0.2, 0.25) is 0 Å². The second kappa shape index (κ2) is 6.18. The van der Waals surface area contributed by atoms with Gasteiger partial charge in [-0.25, -0.2) is 0 Å². The predicted octanol–water partition coefficient (Wildman–Crippen LogP) is 2.51. The van der Waals surface area contributed by atoms with Crippen molar-refractivity contribution in [1.82, 2.24) is 4.57 Å². The van der Waals surface area contributed by atoms with Gasteiger partial charge >= 0.3 is 0 Å². The van der Waals surface area contributed by atoms with E-state index >= 15 is 0 Å². The first-order chi connectivity index (χ1) is 12.3. The van der Waals surface area contributed by atoms with E-state index in [1.807, 2.05) is 12.2 Å². The molecule has 126 valence electrons. The van der Waals surface area contributed by atoms with E-state index in [9.17, 15) is 5.26 Å². The molecule has 0 bridgehead atoms. The molecule has 0 saturated carbocycles. The van der Waals surface area contributed by atoms with Gasteiger partial charge in [-0.05, 0) is 49.1 Å². The maximum atomic E-state index is 9.90. The van der Waals surface area contributed by atoms with Crippen LogP contribution in [0.15, 0.2) is 30.0 Å². The van der Waals surface area contributed by atoms with Crippen LogP contribution in [0.5, 0.6) is 0 Å². The summed E-state index contributed by atoms with van der Waals surface area (Å²) in [4.78, 5) is 0. The minimum Gasteiger partial charge on any atom is -0.497 e. The third kappa shape index (κ3) is 2.44. The van der Waals surface area contributed by atoms with Gasteiger partial charge in [0.05, 0.1) is 23.7 Å². The zero-order valence-corrected chi connectivity index (χ0v) is 14.6. The van der Waals surface area contributed by atoms with Crippen LogP contribution in [-0.2, 0) is 17.7 Å². The van der Waals surface area contributed by atoms with Crippen molar-refractivity contribution >= 4 is 17.8 Å². The van der Waals surface area contributed by atoms with Crippen LogP contribution < -0.4 is 15.9 Å². The fraction of sp³-hybridized carbons (Fsp3) is 0.286. The Bertz CT molecular complexity index is 1030. The highest BCUT2D eigenvalue weighted by Crippen LogP contribution is 2.29. The van der Waals surface area contributed by atoms with Gasteiger partial charge in [-0.15, -0.1) is 0 Å². The van der Waals surface area contributed by atoms with Gasteiger partial charge in [0.15, 0.2) is 0 Å². The molecule has 25 heavy (non-hydrogen) atoms. The first kappa shape index (κ1) is 15.6. The Morgan fingerprint density at radius 3 is 2.96 bits per heavy atom. The number of aromatic nitrogens is 1.